The molecule has 0 fully saturated rings. The fourth-order valence-corrected chi connectivity index (χ4v) is 2.27. The van der Waals surface area contributed by atoms with E-state index >= 15 is 0 Å². The smallest absolute Gasteiger partial charge is 0.179 e. The highest BCUT2D eigenvalue weighted by atomic mass is 127. The molecule has 0 N–H and O–H groups in total. The molecule has 0 aliphatic heterocycles. The molecule has 0 atom stereocenters. The molecule has 20 heavy (non-hydrogen) atoms. The zero-order valence-electron chi connectivity index (χ0n) is 11.7. The normalized spacial score (nSPS) is 10.3. The van der Waals surface area contributed by atoms with Crippen LogP contribution in [0.3, 0.4) is 0 Å². The van der Waals surface area contributed by atoms with Crippen LogP contribution in [0.2, 0.25) is 0 Å². The molecule has 0 unspecified atom stereocenters. The average Bonchev–Trinajstić information content (AvgIpc) is 2.76. The molecule has 0 spiro atoms. The monoisotopic (exact) mass is 381 g/mol. The van der Waals surface area contributed by atoms with Crippen LogP contribution in [0.25, 0.3) is 22.4 Å². The molecule has 2 heterocycles. The van der Waals surface area contributed by atoms with Crippen molar-refractivity contribution in [2.75, 3.05) is 7.11 Å². The molecule has 0 saturated heterocycles. The lowest BCUT2D eigenvalue weighted by molar-refractivity contribution is -0.671. The minimum atomic E-state index is 0. The highest BCUT2D eigenvalue weighted by Crippen LogP contribution is 2.25. The van der Waals surface area contributed by atoms with Crippen LogP contribution in [0.4, 0.5) is 0 Å². The number of halogens is 1. The third-order valence-electron chi connectivity index (χ3n) is 3.29. The Morgan fingerprint density at radius 2 is 2.05 bits per heavy atom. The lowest BCUT2D eigenvalue weighted by Gasteiger charge is -2.02. The van der Waals surface area contributed by atoms with E-state index in [2.05, 4.69) is 16.8 Å². The number of hydrogen-bond donors (Lipinski definition) is 0. The molecule has 0 aliphatic carbocycles. The average molecular weight is 381 g/mol. The third-order valence-corrected chi connectivity index (χ3v) is 3.29. The molecule has 0 aliphatic rings. The first-order chi connectivity index (χ1) is 9.19. The van der Waals surface area contributed by atoms with Gasteiger partial charge in [-0.3, -0.25) is 0 Å². The molecule has 1 aromatic carbocycles. The number of nitrogens with zero attached hydrogens (tertiary/aromatic N) is 3. The summed E-state index contributed by atoms with van der Waals surface area (Å²) in [4.78, 5) is 4.69. The minimum absolute atomic E-state index is 0. The van der Waals surface area contributed by atoms with Gasteiger partial charge < -0.3 is 33.3 Å². The van der Waals surface area contributed by atoms with Crippen molar-refractivity contribution in [1.29, 1.82) is 0 Å². The van der Waals surface area contributed by atoms with Crippen molar-refractivity contribution < 1.29 is 33.3 Å². The molecular formula is C15H16IN3O. The van der Waals surface area contributed by atoms with E-state index in [1.165, 1.54) is 0 Å². The molecule has 0 amide bonds. The van der Waals surface area contributed by atoms with Gasteiger partial charge in [0.25, 0.3) is 0 Å². The number of pyridine rings is 1. The van der Waals surface area contributed by atoms with Crippen molar-refractivity contribution in [3.63, 3.8) is 0 Å². The second-order valence-electron chi connectivity index (χ2n) is 4.61. The van der Waals surface area contributed by atoms with Crippen LogP contribution in [0.15, 0.2) is 42.7 Å². The van der Waals surface area contributed by atoms with Crippen molar-refractivity contribution in [3.05, 3.63) is 42.7 Å². The first-order valence-electron chi connectivity index (χ1n) is 6.15. The number of fused-ring (bicyclic) bond motifs is 1. The van der Waals surface area contributed by atoms with E-state index in [-0.39, 0.29) is 24.0 Å². The molecule has 4 nitrogen and oxygen atoms in total. The maximum atomic E-state index is 5.27. The van der Waals surface area contributed by atoms with Gasteiger partial charge in [0.1, 0.15) is 18.6 Å². The van der Waals surface area contributed by atoms with Gasteiger partial charge in [0, 0.05) is 19.2 Å². The largest absolute Gasteiger partial charge is 1.00 e. The van der Waals surface area contributed by atoms with E-state index in [1.807, 2.05) is 49.1 Å². The maximum absolute atomic E-state index is 5.27. The summed E-state index contributed by atoms with van der Waals surface area (Å²) in [6.07, 6.45) is 4.08. The van der Waals surface area contributed by atoms with E-state index in [4.69, 9.17) is 9.72 Å². The molecule has 104 valence electrons. The number of ether oxygens (including phenoxy) is 1. The zero-order valence-corrected chi connectivity index (χ0v) is 13.8. The fourth-order valence-electron chi connectivity index (χ4n) is 2.27. The van der Waals surface area contributed by atoms with Crippen molar-refractivity contribution in [2.45, 2.75) is 0 Å². The van der Waals surface area contributed by atoms with E-state index in [1.54, 1.807) is 7.11 Å². The molecule has 3 rings (SSSR count). The van der Waals surface area contributed by atoms with Gasteiger partial charge >= 0.3 is 0 Å². The Hall–Kier alpha value is -1.63. The summed E-state index contributed by atoms with van der Waals surface area (Å²) in [5.41, 5.74) is 3.15. The number of methoxy groups -OCH3 is 1. The van der Waals surface area contributed by atoms with E-state index < -0.39 is 0 Å². The first-order valence-corrected chi connectivity index (χ1v) is 6.15. The SMILES string of the molecule is COc1ccc2nc(-c3ccc[n+](C)c3)n(C)c2c1.[I-]. The molecule has 2 aromatic heterocycles. The highest BCUT2D eigenvalue weighted by molar-refractivity contribution is 5.81. The van der Waals surface area contributed by atoms with Crippen LogP contribution < -0.4 is 33.3 Å². The fraction of sp³-hybridized carbons (Fsp3) is 0.200. The number of aryl methyl sites for hydroxylation is 2. The first kappa shape index (κ1) is 14.8. The van der Waals surface area contributed by atoms with Gasteiger partial charge in [0.15, 0.2) is 12.4 Å². The number of rotatable bonds is 2. The molecular weight excluding hydrogens is 365 g/mol. The Balaban J connectivity index is 0.00000147. The van der Waals surface area contributed by atoms with Crippen molar-refractivity contribution >= 4 is 11.0 Å². The number of aromatic nitrogens is 3. The predicted octanol–water partition coefficient (Wildman–Crippen LogP) is -0.923. The van der Waals surface area contributed by atoms with Crippen LogP contribution in [0.5, 0.6) is 5.75 Å². The summed E-state index contributed by atoms with van der Waals surface area (Å²) in [5.74, 6) is 1.81. The number of hydrogen-bond acceptors (Lipinski definition) is 2. The summed E-state index contributed by atoms with van der Waals surface area (Å²) in [6, 6.07) is 10.0. The van der Waals surface area contributed by atoms with Gasteiger partial charge in [0.2, 0.25) is 0 Å². The quantitative estimate of drug-likeness (QED) is 0.425. The molecule has 0 radical (unpaired) electrons. The van der Waals surface area contributed by atoms with Crippen LogP contribution in [-0.2, 0) is 14.1 Å². The summed E-state index contributed by atoms with van der Waals surface area (Å²) in [5, 5.41) is 0. The lowest BCUT2D eigenvalue weighted by atomic mass is 10.2. The summed E-state index contributed by atoms with van der Waals surface area (Å²) in [6.45, 7) is 0. The van der Waals surface area contributed by atoms with Crippen LogP contribution in [0.1, 0.15) is 0 Å². The summed E-state index contributed by atoms with van der Waals surface area (Å²) in [7, 11) is 5.71. The second kappa shape index (κ2) is 5.78. The van der Waals surface area contributed by atoms with Crippen molar-refractivity contribution in [2.24, 2.45) is 14.1 Å². The van der Waals surface area contributed by atoms with Crippen LogP contribution >= 0.6 is 0 Å². The van der Waals surface area contributed by atoms with Gasteiger partial charge in [-0.05, 0) is 18.2 Å². The van der Waals surface area contributed by atoms with Gasteiger partial charge in [-0.2, -0.15) is 0 Å². The summed E-state index contributed by atoms with van der Waals surface area (Å²) >= 11 is 0. The van der Waals surface area contributed by atoms with Crippen molar-refractivity contribution in [1.82, 2.24) is 9.55 Å². The Bertz CT molecular complexity index is 752. The zero-order chi connectivity index (χ0) is 13.4. The Morgan fingerprint density at radius 1 is 1.25 bits per heavy atom. The topological polar surface area (TPSA) is 30.9 Å². The molecule has 0 bridgehead atoms. The van der Waals surface area contributed by atoms with Gasteiger partial charge in [-0.15, -0.1) is 0 Å². The third kappa shape index (κ3) is 2.49. The molecule has 3 aromatic rings. The lowest BCUT2D eigenvalue weighted by Crippen LogP contribution is -3.00. The van der Waals surface area contributed by atoms with E-state index in [9.17, 15) is 0 Å². The minimum Gasteiger partial charge on any atom is -1.00 e. The molecule has 0 saturated carbocycles. The standard InChI is InChI=1S/C15H16N3O.HI/c1-17-8-4-5-11(10-17)15-16-13-7-6-12(19-3)9-14(13)18(15)2;/h4-10H,1-3H3;1H/q+1;/p-1. The van der Waals surface area contributed by atoms with Crippen LogP contribution in [-0.4, -0.2) is 16.7 Å². The number of benzene rings is 1. The van der Waals surface area contributed by atoms with Gasteiger partial charge in [-0.1, -0.05) is 0 Å². The van der Waals surface area contributed by atoms with Crippen LogP contribution in [0, 0.1) is 0 Å². The van der Waals surface area contributed by atoms with E-state index in [0.717, 1.165) is 28.2 Å². The second-order valence-corrected chi connectivity index (χ2v) is 4.61. The molecule has 5 heteroatoms. The number of imidazole rings is 1. The summed E-state index contributed by atoms with van der Waals surface area (Å²) < 4.78 is 9.38. The Kier molecular flexibility index (Phi) is 4.27. The Labute approximate surface area is 135 Å². The predicted molar refractivity (Wildman–Crippen MR) is 73.9 cm³/mol. The van der Waals surface area contributed by atoms with Crippen molar-refractivity contribution in [3.8, 4) is 17.1 Å². The maximum Gasteiger partial charge on any atom is 0.179 e. The Morgan fingerprint density at radius 3 is 2.75 bits per heavy atom. The van der Waals surface area contributed by atoms with Gasteiger partial charge in [-0.25, -0.2) is 9.55 Å². The van der Waals surface area contributed by atoms with Gasteiger partial charge in [0.05, 0.1) is 23.7 Å². The highest BCUT2D eigenvalue weighted by Gasteiger charge is 2.12. The van der Waals surface area contributed by atoms with E-state index in [0.29, 0.717) is 0 Å².